The third-order valence-electron chi connectivity index (χ3n) is 2.64. The number of aromatic nitrogens is 2. The lowest BCUT2D eigenvalue weighted by Crippen LogP contribution is -2.11. The maximum atomic E-state index is 11.8. The maximum Gasteiger partial charge on any atom is 0.224 e. The van der Waals surface area contributed by atoms with Gasteiger partial charge < -0.3 is 5.32 Å². The number of nitrogens with one attached hydrogen (secondary N) is 1. The van der Waals surface area contributed by atoms with Gasteiger partial charge in [-0.1, -0.05) is 15.9 Å². The van der Waals surface area contributed by atoms with E-state index in [0.29, 0.717) is 6.42 Å². The summed E-state index contributed by atoms with van der Waals surface area (Å²) in [5.41, 5.74) is 2.28. The van der Waals surface area contributed by atoms with Gasteiger partial charge in [-0.05, 0) is 40.9 Å². The van der Waals surface area contributed by atoms with Crippen LogP contribution in [0.3, 0.4) is 0 Å². The normalized spacial score (nSPS) is 10.6. The Morgan fingerprint density at radius 2 is 2.00 bits per heavy atom. The Labute approximate surface area is 128 Å². The molecule has 4 nitrogen and oxygen atoms in total. The third kappa shape index (κ3) is 3.73. The fraction of sp³-hybridized carbons (Fsp3) is 0.308. The van der Waals surface area contributed by atoms with Crippen LogP contribution in [0.25, 0.3) is 11.0 Å². The first-order valence-electron chi connectivity index (χ1n) is 5.97. The van der Waals surface area contributed by atoms with Gasteiger partial charge in [0, 0.05) is 24.1 Å². The van der Waals surface area contributed by atoms with E-state index in [0.717, 1.165) is 39.4 Å². The molecule has 1 aromatic heterocycles. The first kappa shape index (κ1) is 14.4. The molecule has 1 heterocycles. The Kier molecular flexibility index (Phi) is 5.27. The summed E-state index contributed by atoms with van der Waals surface area (Å²) in [5.74, 6) is 0.0184. The van der Waals surface area contributed by atoms with Gasteiger partial charge in [0.15, 0.2) is 0 Å². The van der Waals surface area contributed by atoms with Gasteiger partial charge in [0.1, 0.15) is 5.52 Å². The third-order valence-corrected chi connectivity index (χ3v) is 4.00. The molecule has 6 heteroatoms. The van der Waals surface area contributed by atoms with Crippen molar-refractivity contribution >= 4 is 54.5 Å². The molecule has 0 saturated heterocycles. The van der Waals surface area contributed by atoms with E-state index in [1.807, 2.05) is 12.1 Å². The van der Waals surface area contributed by atoms with E-state index >= 15 is 0 Å². The van der Waals surface area contributed by atoms with Crippen molar-refractivity contribution in [3.8, 4) is 0 Å². The summed E-state index contributed by atoms with van der Waals surface area (Å²) in [6.07, 6.45) is 5.68. The van der Waals surface area contributed by atoms with Crippen LogP contribution in [-0.4, -0.2) is 21.2 Å². The second-order valence-electron chi connectivity index (χ2n) is 4.05. The van der Waals surface area contributed by atoms with Crippen LogP contribution in [0.5, 0.6) is 0 Å². The number of carbonyl (C=O) groups excluding carboxylic acids is 1. The van der Waals surface area contributed by atoms with Crippen molar-refractivity contribution in [3.05, 3.63) is 29.0 Å². The Morgan fingerprint density at radius 1 is 1.21 bits per heavy atom. The molecule has 0 aliphatic carbocycles. The lowest BCUT2D eigenvalue weighted by molar-refractivity contribution is -0.116. The number of amides is 1. The van der Waals surface area contributed by atoms with Crippen LogP contribution in [0.4, 0.5) is 5.69 Å². The summed E-state index contributed by atoms with van der Waals surface area (Å²) < 4.78 is 0.770. The van der Waals surface area contributed by atoms with E-state index in [9.17, 15) is 4.79 Å². The monoisotopic (exact) mass is 385 g/mol. The summed E-state index contributed by atoms with van der Waals surface area (Å²) in [5, 5.41) is 3.82. The number of hydrogen-bond donors (Lipinski definition) is 1. The zero-order valence-corrected chi connectivity index (χ0v) is 13.4. The van der Waals surface area contributed by atoms with Crippen LogP contribution < -0.4 is 5.32 Å². The van der Waals surface area contributed by atoms with Gasteiger partial charge >= 0.3 is 0 Å². The van der Waals surface area contributed by atoms with E-state index < -0.39 is 0 Å². The van der Waals surface area contributed by atoms with Gasteiger partial charge in [-0.25, -0.2) is 0 Å². The average Bonchev–Trinajstić information content (AvgIpc) is 2.43. The number of anilines is 1. The van der Waals surface area contributed by atoms with Crippen LogP contribution >= 0.6 is 31.9 Å². The molecule has 0 aliphatic heterocycles. The van der Waals surface area contributed by atoms with Crippen LogP contribution in [0.1, 0.15) is 19.3 Å². The topological polar surface area (TPSA) is 54.9 Å². The van der Waals surface area contributed by atoms with E-state index in [1.54, 1.807) is 12.4 Å². The minimum atomic E-state index is 0.0184. The molecular weight excluding hydrogens is 374 g/mol. The molecule has 100 valence electrons. The molecular formula is C13H13Br2N3O. The number of nitrogens with zero attached hydrogens (tertiary/aromatic N) is 2. The van der Waals surface area contributed by atoms with Crippen molar-refractivity contribution in [3.63, 3.8) is 0 Å². The minimum Gasteiger partial charge on any atom is -0.325 e. The number of carbonyl (C=O) groups is 1. The second-order valence-corrected chi connectivity index (χ2v) is 5.63. The maximum absolute atomic E-state index is 11.8. The molecule has 0 aliphatic rings. The molecule has 1 N–H and O–H groups in total. The summed E-state index contributed by atoms with van der Waals surface area (Å²) >= 11 is 6.82. The van der Waals surface area contributed by atoms with Crippen molar-refractivity contribution in [2.24, 2.45) is 0 Å². The first-order valence-corrected chi connectivity index (χ1v) is 7.89. The summed E-state index contributed by atoms with van der Waals surface area (Å²) in [6.45, 7) is 0. The summed E-state index contributed by atoms with van der Waals surface area (Å²) in [6, 6.07) is 3.69. The molecule has 19 heavy (non-hydrogen) atoms. The standard InChI is InChI=1S/C13H13Br2N3O/c14-6-2-1-3-11(19)18-9-4-5-10-13(12(9)15)17-8-7-16-10/h4-5,7-8H,1-3,6H2,(H,18,19). The fourth-order valence-corrected chi connectivity index (χ4v) is 2.63. The predicted molar refractivity (Wildman–Crippen MR) is 83.5 cm³/mol. The number of hydrogen-bond acceptors (Lipinski definition) is 3. The number of fused-ring (bicyclic) bond motifs is 1. The highest BCUT2D eigenvalue weighted by molar-refractivity contribution is 9.10. The highest BCUT2D eigenvalue weighted by atomic mass is 79.9. The minimum absolute atomic E-state index is 0.0184. The Morgan fingerprint density at radius 3 is 2.79 bits per heavy atom. The first-order chi connectivity index (χ1) is 9.22. The molecule has 0 bridgehead atoms. The Bertz CT molecular complexity index is 589. The largest absolute Gasteiger partial charge is 0.325 e. The van der Waals surface area contributed by atoms with Crippen LogP contribution in [0.15, 0.2) is 29.0 Å². The second kappa shape index (κ2) is 6.96. The smallest absolute Gasteiger partial charge is 0.224 e. The summed E-state index contributed by atoms with van der Waals surface area (Å²) in [7, 11) is 0. The Hall–Kier alpha value is -1.01. The van der Waals surface area contributed by atoms with E-state index in [4.69, 9.17) is 0 Å². The number of halogens is 2. The molecule has 0 spiro atoms. The zero-order chi connectivity index (χ0) is 13.7. The highest BCUT2D eigenvalue weighted by Gasteiger charge is 2.09. The van der Waals surface area contributed by atoms with Gasteiger partial charge in [0.05, 0.1) is 15.7 Å². The lowest BCUT2D eigenvalue weighted by atomic mass is 10.2. The highest BCUT2D eigenvalue weighted by Crippen LogP contribution is 2.29. The number of benzene rings is 1. The van der Waals surface area contributed by atoms with Crippen molar-refractivity contribution in [2.75, 3.05) is 10.6 Å². The van der Waals surface area contributed by atoms with E-state index in [-0.39, 0.29) is 5.91 Å². The van der Waals surface area contributed by atoms with Crippen molar-refractivity contribution < 1.29 is 4.79 Å². The number of rotatable bonds is 5. The van der Waals surface area contributed by atoms with E-state index in [1.165, 1.54) is 0 Å². The van der Waals surface area contributed by atoms with Crippen LogP contribution in [0.2, 0.25) is 0 Å². The molecule has 0 saturated carbocycles. The molecule has 1 amide bonds. The van der Waals surface area contributed by atoms with Crippen molar-refractivity contribution in [1.29, 1.82) is 0 Å². The average molecular weight is 387 g/mol. The van der Waals surface area contributed by atoms with Gasteiger partial charge in [-0.2, -0.15) is 0 Å². The molecule has 0 radical (unpaired) electrons. The van der Waals surface area contributed by atoms with Crippen LogP contribution in [0, 0.1) is 0 Å². The number of unbranched alkanes of at least 4 members (excludes halogenated alkanes) is 1. The SMILES string of the molecule is O=C(CCCCBr)Nc1ccc2nccnc2c1Br. The molecule has 2 aromatic rings. The molecule has 1 aromatic carbocycles. The molecule has 0 unspecified atom stereocenters. The van der Waals surface area contributed by atoms with Gasteiger partial charge in [0.25, 0.3) is 0 Å². The molecule has 0 atom stereocenters. The van der Waals surface area contributed by atoms with Crippen molar-refractivity contribution in [1.82, 2.24) is 9.97 Å². The van der Waals surface area contributed by atoms with Crippen molar-refractivity contribution in [2.45, 2.75) is 19.3 Å². The van der Waals surface area contributed by atoms with Gasteiger partial charge in [0.2, 0.25) is 5.91 Å². The quantitative estimate of drug-likeness (QED) is 0.626. The Balaban J connectivity index is 2.12. The predicted octanol–water partition coefficient (Wildman–Crippen LogP) is 3.90. The molecule has 0 fully saturated rings. The van der Waals surface area contributed by atoms with Gasteiger partial charge in [-0.15, -0.1) is 0 Å². The lowest BCUT2D eigenvalue weighted by Gasteiger charge is -2.08. The van der Waals surface area contributed by atoms with Gasteiger partial charge in [-0.3, -0.25) is 14.8 Å². The van der Waals surface area contributed by atoms with E-state index in [2.05, 4.69) is 47.1 Å². The molecule has 2 rings (SSSR count). The zero-order valence-electron chi connectivity index (χ0n) is 10.2. The summed E-state index contributed by atoms with van der Waals surface area (Å²) in [4.78, 5) is 20.3. The van der Waals surface area contributed by atoms with Crippen LogP contribution in [-0.2, 0) is 4.79 Å². The number of alkyl halides is 1. The fourth-order valence-electron chi connectivity index (χ4n) is 1.69.